The first-order valence-corrected chi connectivity index (χ1v) is 16.6. The zero-order valence-electron chi connectivity index (χ0n) is 25.8. The van der Waals surface area contributed by atoms with Crippen molar-refractivity contribution in [3.8, 4) is 5.75 Å². The molecule has 6 rings (SSSR count). The van der Waals surface area contributed by atoms with Gasteiger partial charge in [0.15, 0.2) is 6.61 Å². The Morgan fingerprint density at radius 3 is 2.38 bits per heavy atom. The van der Waals surface area contributed by atoms with Gasteiger partial charge in [-0.15, -0.1) is 0 Å². The summed E-state index contributed by atoms with van der Waals surface area (Å²) in [5, 5.41) is 0. The first-order chi connectivity index (χ1) is 20.3. The predicted octanol–water partition coefficient (Wildman–Crippen LogP) is 6.76. The first kappa shape index (κ1) is 30.9. The SMILES string of the molecule is CCCCC[C@H](CC[C@@H]1[C@H]2Cc3cccc(OCC(=O)O[C@@H]4CC5CCC4CC5)c3C[C@H]2C[C@H]1OC(C)=O)OC(C)=O. The Bertz CT molecular complexity index is 1090. The second-order valence-electron chi connectivity index (χ2n) is 13.4. The number of carbonyl (C=O) groups excluding carboxylic acids is 3. The van der Waals surface area contributed by atoms with E-state index in [0.29, 0.717) is 23.7 Å². The van der Waals surface area contributed by atoms with Crippen molar-refractivity contribution in [2.45, 2.75) is 129 Å². The molecule has 232 valence electrons. The van der Waals surface area contributed by atoms with Gasteiger partial charge in [0.25, 0.3) is 0 Å². The van der Waals surface area contributed by atoms with Crippen molar-refractivity contribution in [2.75, 3.05) is 6.61 Å². The van der Waals surface area contributed by atoms with E-state index in [-0.39, 0.29) is 48.7 Å². The number of esters is 3. The lowest BCUT2D eigenvalue weighted by Gasteiger charge is -2.41. The van der Waals surface area contributed by atoms with Crippen LogP contribution in [0.4, 0.5) is 0 Å². The molecule has 0 saturated heterocycles. The number of hydrogen-bond donors (Lipinski definition) is 0. The van der Waals surface area contributed by atoms with Gasteiger partial charge in [-0.25, -0.2) is 4.79 Å². The smallest absolute Gasteiger partial charge is 0.344 e. The minimum atomic E-state index is -0.268. The molecule has 0 heterocycles. The molecule has 4 fully saturated rings. The highest BCUT2D eigenvalue weighted by Crippen LogP contribution is 2.50. The van der Waals surface area contributed by atoms with Crippen molar-refractivity contribution >= 4 is 17.9 Å². The summed E-state index contributed by atoms with van der Waals surface area (Å²) in [5.41, 5.74) is 2.42. The Morgan fingerprint density at radius 2 is 1.69 bits per heavy atom. The highest BCUT2D eigenvalue weighted by molar-refractivity contribution is 5.71. The third-order valence-corrected chi connectivity index (χ3v) is 10.5. The van der Waals surface area contributed by atoms with Crippen LogP contribution in [0.2, 0.25) is 0 Å². The van der Waals surface area contributed by atoms with Crippen molar-refractivity contribution in [2.24, 2.45) is 29.6 Å². The lowest BCUT2D eigenvalue weighted by atomic mass is 9.69. The Kier molecular flexibility index (Phi) is 10.5. The average molecular weight is 583 g/mol. The molecule has 0 aliphatic heterocycles. The van der Waals surface area contributed by atoms with Gasteiger partial charge in [-0.1, -0.05) is 31.9 Å². The van der Waals surface area contributed by atoms with Gasteiger partial charge in [-0.3, -0.25) is 9.59 Å². The van der Waals surface area contributed by atoms with Gasteiger partial charge in [-0.05, 0) is 124 Å². The van der Waals surface area contributed by atoms with E-state index in [9.17, 15) is 14.4 Å². The van der Waals surface area contributed by atoms with Crippen molar-refractivity contribution in [3.05, 3.63) is 29.3 Å². The molecule has 0 amide bonds. The molecule has 7 nitrogen and oxygen atoms in total. The van der Waals surface area contributed by atoms with Gasteiger partial charge < -0.3 is 18.9 Å². The van der Waals surface area contributed by atoms with E-state index in [2.05, 4.69) is 13.0 Å². The van der Waals surface area contributed by atoms with Crippen LogP contribution in [-0.2, 0) is 41.4 Å². The minimum absolute atomic E-state index is 0.0553. The molecule has 0 spiro atoms. The quantitative estimate of drug-likeness (QED) is 0.144. The van der Waals surface area contributed by atoms with Crippen LogP contribution in [0.1, 0.15) is 109 Å². The first-order valence-electron chi connectivity index (χ1n) is 16.6. The Labute approximate surface area is 251 Å². The van der Waals surface area contributed by atoms with Gasteiger partial charge in [-0.2, -0.15) is 0 Å². The van der Waals surface area contributed by atoms with Gasteiger partial charge in [0.1, 0.15) is 24.1 Å². The molecule has 6 atom stereocenters. The normalized spacial score (nSPS) is 30.1. The average Bonchev–Trinajstić information content (AvgIpc) is 3.28. The molecule has 5 aliphatic carbocycles. The van der Waals surface area contributed by atoms with Gasteiger partial charge >= 0.3 is 17.9 Å². The molecule has 7 heteroatoms. The largest absolute Gasteiger partial charge is 0.482 e. The van der Waals surface area contributed by atoms with Crippen LogP contribution in [0.5, 0.6) is 5.75 Å². The van der Waals surface area contributed by atoms with Crippen LogP contribution in [-0.4, -0.2) is 42.8 Å². The molecule has 0 N–H and O–H groups in total. The molecule has 0 aromatic heterocycles. The lowest BCUT2D eigenvalue weighted by molar-refractivity contribution is -0.160. The Balaban J connectivity index is 1.22. The topological polar surface area (TPSA) is 88.1 Å². The maximum absolute atomic E-state index is 12.7. The van der Waals surface area contributed by atoms with Crippen LogP contribution in [0.25, 0.3) is 0 Å². The van der Waals surface area contributed by atoms with Crippen LogP contribution in [0.3, 0.4) is 0 Å². The molecule has 42 heavy (non-hydrogen) atoms. The highest BCUT2D eigenvalue weighted by atomic mass is 16.6. The number of benzene rings is 1. The highest BCUT2D eigenvalue weighted by Gasteiger charge is 2.47. The van der Waals surface area contributed by atoms with Crippen molar-refractivity contribution in [1.29, 1.82) is 0 Å². The molecule has 1 aromatic rings. The van der Waals surface area contributed by atoms with E-state index in [1.165, 1.54) is 50.7 Å². The fraction of sp³-hybridized carbons (Fsp3) is 0.743. The summed E-state index contributed by atoms with van der Waals surface area (Å²) in [6.07, 6.45) is 14.1. The van der Waals surface area contributed by atoms with Crippen molar-refractivity contribution < 1.29 is 33.3 Å². The number of ether oxygens (including phenoxy) is 4. The standard InChI is InChI=1S/C35H50O7/c1-4-5-6-9-28(40-22(2)36)15-16-29-30-18-26-8-7-10-32(31(26)19-27(30)20-34(29)41-23(3)37)39-21-35(38)42-33-17-24-11-13-25(33)14-12-24/h7-8,10,24-25,27-30,33-34H,4-6,9,11-21H2,1-3H3/t24?,25?,27-,28+,29+,30-,33+,34+/m0/s1. The van der Waals surface area contributed by atoms with E-state index in [0.717, 1.165) is 70.0 Å². The Hall–Kier alpha value is -2.57. The summed E-state index contributed by atoms with van der Waals surface area (Å²) < 4.78 is 23.6. The van der Waals surface area contributed by atoms with Crippen molar-refractivity contribution in [1.82, 2.24) is 0 Å². The maximum Gasteiger partial charge on any atom is 0.344 e. The molecule has 4 saturated carbocycles. The maximum atomic E-state index is 12.7. The summed E-state index contributed by atoms with van der Waals surface area (Å²) >= 11 is 0. The van der Waals surface area contributed by atoms with Crippen LogP contribution in [0, 0.1) is 29.6 Å². The number of carbonyl (C=O) groups is 3. The van der Waals surface area contributed by atoms with E-state index in [4.69, 9.17) is 18.9 Å². The third kappa shape index (κ3) is 7.68. The van der Waals surface area contributed by atoms with E-state index >= 15 is 0 Å². The van der Waals surface area contributed by atoms with Gasteiger partial charge in [0, 0.05) is 13.8 Å². The lowest BCUT2D eigenvalue weighted by Crippen LogP contribution is -2.39. The van der Waals surface area contributed by atoms with Crippen molar-refractivity contribution in [3.63, 3.8) is 0 Å². The number of unbranched alkanes of at least 4 members (excludes halogenated alkanes) is 2. The summed E-state index contributed by atoms with van der Waals surface area (Å²) in [7, 11) is 0. The number of rotatable bonds is 13. The predicted molar refractivity (Wildman–Crippen MR) is 159 cm³/mol. The molecular formula is C35H50O7. The molecular weight excluding hydrogens is 532 g/mol. The molecule has 2 bridgehead atoms. The second-order valence-corrected chi connectivity index (χ2v) is 13.4. The zero-order chi connectivity index (χ0) is 29.6. The minimum Gasteiger partial charge on any atom is -0.482 e. The summed E-state index contributed by atoms with van der Waals surface area (Å²) in [6, 6.07) is 6.14. The number of fused-ring (bicyclic) bond motifs is 5. The summed E-state index contributed by atoms with van der Waals surface area (Å²) in [6.45, 7) is 5.08. The third-order valence-electron chi connectivity index (χ3n) is 10.5. The van der Waals surface area contributed by atoms with E-state index < -0.39 is 0 Å². The second kappa shape index (κ2) is 14.3. The van der Waals surface area contributed by atoms with Crippen LogP contribution < -0.4 is 4.74 Å². The van der Waals surface area contributed by atoms with Gasteiger partial charge in [0.2, 0.25) is 0 Å². The molecule has 5 aliphatic rings. The monoisotopic (exact) mass is 582 g/mol. The zero-order valence-corrected chi connectivity index (χ0v) is 25.8. The van der Waals surface area contributed by atoms with E-state index in [1.54, 1.807) is 0 Å². The van der Waals surface area contributed by atoms with Crippen LogP contribution in [0.15, 0.2) is 18.2 Å². The molecule has 1 aromatic carbocycles. The van der Waals surface area contributed by atoms with E-state index in [1.807, 2.05) is 12.1 Å². The fourth-order valence-electron chi connectivity index (χ4n) is 8.56. The Morgan fingerprint density at radius 1 is 0.881 bits per heavy atom. The number of hydrogen-bond acceptors (Lipinski definition) is 7. The summed E-state index contributed by atoms with van der Waals surface area (Å²) in [5.74, 6) is 2.24. The van der Waals surface area contributed by atoms with Gasteiger partial charge in [0.05, 0.1) is 0 Å². The van der Waals surface area contributed by atoms with Crippen LogP contribution >= 0.6 is 0 Å². The molecule has 0 unspecified atom stereocenters. The summed E-state index contributed by atoms with van der Waals surface area (Å²) in [4.78, 5) is 36.6. The fourth-order valence-corrected chi connectivity index (χ4v) is 8.56. The molecule has 0 radical (unpaired) electrons.